The summed E-state index contributed by atoms with van der Waals surface area (Å²) in [6, 6.07) is 0. The van der Waals surface area contributed by atoms with Crippen LogP contribution in [0.2, 0.25) is 0 Å². The van der Waals surface area contributed by atoms with Crippen LogP contribution in [-0.4, -0.2) is 62.8 Å². The summed E-state index contributed by atoms with van der Waals surface area (Å²) in [5.74, 6) is -1.00. The van der Waals surface area contributed by atoms with Crippen molar-refractivity contribution in [3.05, 3.63) is 0 Å². The average Bonchev–Trinajstić information content (AvgIpc) is 2.31. The van der Waals surface area contributed by atoms with Crippen molar-refractivity contribution in [2.75, 3.05) is 13.2 Å². The number of Topliss-reactive ketones (excluding diaryl/α,β-unsaturated/α-hetero) is 1. The van der Waals surface area contributed by atoms with Gasteiger partial charge in [0, 0.05) is 0 Å². The molecule has 0 amide bonds. The van der Waals surface area contributed by atoms with Crippen molar-refractivity contribution in [3.8, 4) is 0 Å². The molecule has 23 heavy (non-hydrogen) atoms. The zero-order valence-electron chi connectivity index (χ0n) is 10.8. The molecule has 0 aromatic rings. The molecule has 0 saturated carbocycles. The fourth-order valence-corrected chi connectivity index (χ4v) is 1.70. The first-order chi connectivity index (χ1) is 9.25. The predicted octanol–water partition coefficient (Wildman–Crippen LogP) is -6.72. The number of hydrogen-bond donors (Lipinski definition) is 5. The summed E-state index contributed by atoms with van der Waals surface area (Å²) in [6.45, 7) is -1.69. The number of rotatable bonds is 7. The molecule has 138 valence electrons. The van der Waals surface area contributed by atoms with E-state index in [1.807, 2.05) is 0 Å². The van der Waals surface area contributed by atoms with Crippen LogP contribution in [0.15, 0.2) is 0 Å². The third-order valence-corrected chi connectivity index (χ3v) is 3.19. The van der Waals surface area contributed by atoms with Gasteiger partial charge in [0.15, 0.2) is 5.78 Å². The van der Waals surface area contributed by atoms with Crippen molar-refractivity contribution in [1.82, 2.24) is 0 Å². The summed E-state index contributed by atoms with van der Waals surface area (Å²) in [5.41, 5.74) is 0. The molecule has 0 aromatic carbocycles. The molecule has 0 fully saturated rings. The molecular formula is C6H12Mn2O13P2. The average molecular weight is 464 g/mol. The summed E-state index contributed by atoms with van der Waals surface area (Å²) in [6.07, 6.45) is -5.22. The standard InChI is InChI=1S/C6H12O6.2Mn.H4O7P2/c7-1-3(9)5(11)6(12)4(10)2-8;;;1-8(2,3)7-9(4,5)6/h3,5-9,11-12H,1-2H2;;;(H2,1,2,3)(H2,4,5,6)/q;2*+2;/p-4/t3-,5-,6-;;;/m1.../s1. The van der Waals surface area contributed by atoms with E-state index in [9.17, 15) is 33.5 Å². The van der Waals surface area contributed by atoms with Crippen LogP contribution in [-0.2, 0) is 52.4 Å². The topological polar surface area (TPSA) is 254 Å². The molecular weight excluding hydrogens is 452 g/mol. The quantitative estimate of drug-likeness (QED) is 0.174. The normalized spacial score (nSPS) is 15.0. The van der Waals surface area contributed by atoms with E-state index in [2.05, 4.69) is 4.31 Å². The van der Waals surface area contributed by atoms with Crippen molar-refractivity contribution in [1.29, 1.82) is 0 Å². The Morgan fingerprint density at radius 1 is 0.957 bits per heavy atom. The van der Waals surface area contributed by atoms with Gasteiger partial charge in [0.1, 0.15) is 24.9 Å². The zero-order chi connectivity index (χ0) is 17.4. The van der Waals surface area contributed by atoms with Crippen LogP contribution in [0.4, 0.5) is 0 Å². The maximum absolute atomic E-state index is 10.5. The van der Waals surface area contributed by atoms with Gasteiger partial charge in [0.25, 0.3) is 0 Å². The summed E-state index contributed by atoms with van der Waals surface area (Å²) < 4.78 is 21.2. The van der Waals surface area contributed by atoms with Crippen LogP contribution >= 0.6 is 15.6 Å². The summed E-state index contributed by atoms with van der Waals surface area (Å²) in [4.78, 5) is 47.8. The van der Waals surface area contributed by atoms with E-state index < -0.39 is 53.0 Å². The second-order valence-electron chi connectivity index (χ2n) is 3.29. The van der Waals surface area contributed by atoms with Crippen molar-refractivity contribution in [2.24, 2.45) is 0 Å². The molecule has 0 unspecified atom stereocenters. The largest absolute Gasteiger partial charge is 2.00 e. The minimum atomic E-state index is -5.68. The molecule has 0 aliphatic heterocycles. The van der Waals surface area contributed by atoms with E-state index in [4.69, 9.17) is 25.5 Å². The first-order valence-corrected chi connectivity index (χ1v) is 7.71. The number of hydrogen-bond acceptors (Lipinski definition) is 13. The Morgan fingerprint density at radius 2 is 1.30 bits per heavy atom. The second kappa shape index (κ2) is 14.0. The fourth-order valence-electron chi connectivity index (χ4n) is 0.725. The third-order valence-electron chi connectivity index (χ3n) is 1.59. The third kappa shape index (κ3) is 18.9. The fraction of sp³-hybridized carbons (Fsp3) is 0.833. The Morgan fingerprint density at radius 3 is 1.48 bits per heavy atom. The van der Waals surface area contributed by atoms with E-state index in [1.54, 1.807) is 0 Å². The van der Waals surface area contributed by atoms with Gasteiger partial charge in [-0.3, -0.25) is 4.79 Å². The van der Waals surface area contributed by atoms with Crippen LogP contribution in [0.1, 0.15) is 0 Å². The zero-order valence-corrected chi connectivity index (χ0v) is 14.9. The maximum Gasteiger partial charge on any atom is 2.00 e. The number of carbonyl (C=O) groups excluding carboxylic acids is 1. The van der Waals surface area contributed by atoms with Gasteiger partial charge in [0.2, 0.25) is 0 Å². The van der Waals surface area contributed by atoms with Crippen LogP contribution in [0, 0.1) is 0 Å². The van der Waals surface area contributed by atoms with Crippen molar-refractivity contribution >= 4 is 21.4 Å². The minimum absolute atomic E-state index is 0. The molecule has 2 radical (unpaired) electrons. The number of aliphatic hydroxyl groups excluding tert-OH is 5. The first kappa shape index (κ1) is 31.5. The molecule has 0 heterocycles. The van der Waals surface area contributed by atoms with Crippen molar-refractivity contribution < 1.29 is 97.5 Å². The number of aliphatic hydroxyl groups is 5. The van der Waals surface area contributed by atoms with Gasteiger partial charge in [-0.2, -0.15) is 0 Å². The summed E-state index contributed by atoms with van der Waals surface area (Å²) in [7, 11) is -11.4. The Kier molecular flexibility index (Phi) is 19.2. The molecule has 0 bridgehead atoms. The number of carbonyl (C=O) groups is 1. The van der Waals surface area contributed by atoms with E-state index >= 15 is 0 Å². The van der Waals surface area contributed by atoms with Crippen LogP contribution in [0.25, 0.3) is 0 Å². The Bertz CT molecular complexity index is 387. The predicted molar refractivity (Wildman–Crippen MR) is 53.5 cm³/mol. The number of ketones is 1. The molecule has 3 atom stereocenters. The van der Waals surface area contributed by atoms with Gasteiger partial charge in [-0.25, -0.2) is 0 Å². The van der Waals surface area contributed by atoms with Crippen molar-refractivity contribution in [2.45, 2.75) is 18.3 Å². The van der Waals surface area contributed by atoms with E-state index in [1.165, 1.54) is 0 Å². The molecule has 13 nitrogen and oxygen atoms in total. The van der Waals surface area contributed by atoms with Crippen LogP contribution in [0.3, 0.4) is 0 Å². The van der Waals surface area contributed by atoms with Gasteiger partial charge in [-0.05, 0) is 0 Å². The summed E-state index contributed by atoms with van der Waals surface area (Å²) >= 11 is 0. The van der Waals surface area contributed by atoms with Gasteiger partial charge in [-0.1, -0.05) is 0 Å². The van der Waals surface area contributed by atoms with Gasteiger partial charge < -0.3 is 58.5 Å². The monoisotopic (exact) mass is 464 g/mol. The second-order valence-corrected chi connectivity index (χ2v) is 5.73. The Hall–Kier alpha value is 0.769. The van der Waals surface area contributed by atoms with Crippen LogP contribution < -0.4 is 19.6 Å². The molecule has 17 heteroatoms. The van der Waals surface area contributed by atoms with Gasteiger partial charge >= 0.3 is 34.1 Å². The SMILES string of the molecule is O=C(CO)[C@@H](O)[C@H](O)[C@H](O)CO.O=P([O-])([O-])OP(=O)([O-])[O-].[Mn+2].[Mn+2]. The van der Waals surface area contributed by atoms with Gasteiger partial charge in [-0.15, -0.1) is 0 Å². The molecule has 0 aromatic heterocycles. The molecule has 0 aliphatic carbocycles. The summed E-state index contributed by atoms with van der Waals surface area (Å²) in [5, 5.41) is 43.1. The van der Waals surface area contributed by atoms with Crippen molar-refractivity contribution in [3.63, 3.8) is 0 Å². The Labute approximate surface area is 150 Å². The minimum Gasteiger partial charge on any atom is -0.790 e. The molecule has 5 N–H and O–H groups in total. The van der Waals surface area contributed by atoms with Gasteiger partial charge in [0.05, 0.1) is 22.3 Å². The van der Waals surface area contributed by atoms with Crippen LogP contribution in [0.5, 0.6) is 0 Å². The molecule has 0 aliphatic rings. The molecule has 0 rings (SSSR count). The van der Waals surface area contributed by atoms with E-state index in [-0.39, 0.29) is 34.1 Å². The maximum atomic E-state index is 10.5. The molecule has 0 spiro atoms. The Balaban J connectivity index is -0.000000149. The first-order valence-electron chi connectivity index (χ1n) is 4.79. The smallest absolute Gasteiger partial charge is 0.790 e. The van der Waals surface area contributed by atoms with E-state index in [0.29, 0.717) is 0 Å². The van der Waals surface area contributed by atoms with E-state index in [0.717, 1.165) is 0 Å². The molecule has 0 saturated heterocycles. The number of phosphoric acid groups is 2.